The van der Waals surface area contributed by atoms with Gasteiger partial charge < -0.3 is 10.6 Å². The third-order valence-electron chi connectivity index (χ3n) is 2.23. The van der Waals surface area contributed by atoms with Gasteiger partial charge in [-0.3, -0.25) is 0 Å². The number of hydrogen-bond acceptors (Lipinski definition) is 1. The maximum absolute atomic E-state index is 5.16. The van der Waals surface area contributed by atoms with Gasteiger partial charge in [-0.15, -0.1) is 0 Å². The second kappa shape index (κ2) is 4.65. The summed E-state index contributed by atoms with van der Waals surface area (Å²) in [5.74, 6) is 0. The summed E-state index contributed by atoms with van der Waals surface area (Å²) in [5, 5.41) is 7.42. The molecule has 1 fully saturated rings. The molecule has 0 heterocycles. The Balaban J connectivity index is 2.13. The van der Waals surface area contributed by atoms with Crippen molar-refractivity contribution in [1.29, 1.82) is 0 Å². The molecule has 1 aliphatic rings. The first-order valence-corrected chi connectivity index (χ1v) is 5.24. The zero-order valence-electron chi connectivity index (χ0n) is 7.89. The molecule has 0 bridgehead atoms. The first-order chi connectivity index (χ1) is 5.76. The van der Waals surface area contributed by atoms with E-state index in [1.165, 1.54) is 12.8 Å². The number of rotatable bonds is 4. The largest absolute Gasteiger partial charge is 0.360 e. The Hall–Kier alpha value is -0.310. The van der Waals surface area contributed by atoms with Crippen LogP contribution in [0.1, 0.15) is 39.5 Å². The molecule has 0 amide bonds. The smallest absolute Gasteiger partial charge is 0.166 e. The third-order valence-corrected chi connectivity index (χ3v) is 2.47. The lowest BCUT2D eigenvalue weighted by Gasteiger charge is -2.17. The second-order valence-electron chi connectivity index (χ2n) is 3.41. The molecule has 0 spiro atoms. The van der Waals surface area contributed by atoms with Crippen LogP contribution in [0.5, 0.6) is 0 Å². The topological polar surface area (TPSA) is 24.1 Å². The van der Waals surface area contributed by atoms with E-state index in [2.05, 4.69) is 24.5 Å². The average molecular weight is 186 g/mol. The molecular weight excluding hydrogens is 168 g/mol. The summed E-state index contributed by atoms with van der Waals surface area (Å²) in [6.07, 6.45) is 4.85. The van der Waals surface area contributed by atoms with Gasteiger partial charge in [0.25, 0.3) is 0 Å². The highest BCUT2D eigenvalue weighted by Gasteiger charge is 2.22. The predicted octanol–water partition coefficient (Wildman–Crippen LogP) is 1.80. The third kappa shape index (κ3) is 3.39. The summed E-state index contributed by atoms with van der Waals surface area (Å²) in [7, 11) is 0. The minimum absolute atomic E-state index is 0.545. The van der Waals surface area contributed by atoms with Crippen molar-refractivity contribution in [3.63, 3.8) is 0 Å². The maximum Gasteiger partial charge on any atom is 0.166 e. The second-order valence-corrected chi connectivity index (χ2v) is 3.81. The highest BCUT2D eigenvalue weighted by atomic mass is 32.1. The molecule has 1 rings (SSSR count). The lowest BCUT2D eigenvalue weighted by atomic mass is 10.2. The Kier molecular flexibility index (Phi) is 3.79. The molecule has 1 aliphatic carbocycles. The van der Waals surface area contributed by atoms with Crippen LogP contribution < -0.4 is 10.6 Å². The Bertz CT molecular complexity index is 151. The lowest BCUT2D eigenvalue weighted by molar-refractivity contribution is 0.564. The van der Waals surface area contributed by atoms with Gasteiger partial charge in [-0.1, -0.05) is 13.8 Å². The molecule has 70 valence electrons. The van der Waals surface area contributed by atoms with Crippen molar-refractivity contribution in [2.45, 2.75) is 51.6 Å². The van der Waals surface area contributed by atoms with E-state index in [4.69, 9.17) is 12.2 Å². The summed E-state index contributed by atoms with van der Waals surface area (Å²) in [4.78, 5) is 0. The van der Waals surface area contributed by atoms with Crippen LogP contribution in [0.15, 0.2) is 0 Å². The number of nitrogens with one attached hydrogen (secondary N) is 2. The molecular formula is C9H18N2S. The fourth-order valence-electron chi connectivity index (χ4n) is 1.13. The minimum atomic E-state index is 0.545. The van der Waals surface area contributed by atoms with Crippen LogP contribution in [-0.4, -0.2) is 17.2 Å². The molecule has 0 saturated heterocycles. The zero-order chi connectivity index (χ0) is 8.97. The van der Waals surface area contributed by atoms with E-state index in [9.17, 15) is 0 Å². The van der Waals surface area contributed by atoms with Crippen LogP contribution in [0.25, 0.3) is 0 Å². The van der Waals surface area contributed by atoms with Crippen LogP contribution in [0.3, 0.4) is 0 Å². The summed E-state index contributed by atoms with van der Waals surface area (Å²) in [6, 6.07) is 1.21. The minimum Gasteiger partial charge on any atom is -0.360 e. The van der Waals surface area contributed by atoms with Crippen molar-refractivity contribution in [2.24, 2.45) is 0 Å². The van der Waals surface area contributed by atoms with Gasteiger partial charge >= 0.3 is 0 Å². The van der Waals surface area contributed by atoms with Crippen LogP contribution in [0.2, 0.25) is 0 Å². The normalized spacial score (nSPS) is 16.2. The first-order valence-electron chi connectivity index (χ1n) is 4.83. The van der Waals surface area contributed by atoms with Crippen molar-refractivity contribution in [3.05, 3.63) is 0 Å². The quantitative estimate of drug-likeness (QED) is 0.655. The van der Waals surface area contributed by atoms with E-state index in [1.54, 1.807) is 0 Å². The molecule has 0 aliphatic heterocycles. The van der Waals surface area contributed by atoms with Gasteiger partial charge in [0.1, 0.15) is 0 Å². The zero-order valence-corrected chi connectivity index (χ0v) is 8.71. The standard InChI is InChI=1S/C9H18N2S/c1-3-7(4-2)10-9(12)11-8-5-6-8/h7-8H,3-6H2,1-2H3,(H2,10,11,12). The molecule has 0 aromatic heterocycles. The van der Waals surface area contributed by atoms with E-state index in [0.29, 0.717) is 12.1 Å². The molecule has 1 saturated carbocycles. The Morgan fingerprint density at radius 1 is 1.42 bits per heavy atom. The van der Waals surface area contributed by atoms with Gasteiger partial charge in [0, 0.05) is 12.1 Å². The molecule has 0 aromatic carbocycles. The van der Waals surface area contributed by atoms with Gasteiger partial charge in [-0.05, 0) is 37.9 Å². The van der Waals surface area contributed by atoms with Gasteiger partial charge in [0.05, 0.1) is 0 Å². The summed E-state index contributed by atoms with van der Waals surface area (Å²) in [5.41, 5.74) is 0. The van der Waals surface area contributed by atoms with Gasteiger partial charge in [-0.2, -0.15) is 0 Å². The number of hydrogen-bond donors (Lipinski definition) is 2. The average Bonchev–Trinajstić information content (AvgIpc) is 2.84. The van der Waals surface area contributed by atoms with Gasteiger partial charge in [-0.25, -0.2) is 0 Å². The first kappa shape index (κ1) is 9.78. The highest BCUT2D eigenvalue weighted by Crippen LogP contribution is 2.18. The Morgan fingerprint density at radius 3 is 2.42 bits per heavy atom. The number of thiocarbonyl (C=S) groups is 1. The highest BCUT2D eigenvalue weighted by molar-refractivity contribution is 7.80. The fraction of sp³-hybridized carbons (Fsp3) is 0.889. The molecule has 0 atom stereocenters. The SMILES string of the molecule is CCC(CC)NC(=S)NC1CC1. The van der Waals surface area contributed by atoms with Crippen molar-refractivity contribution in [3.8, 4) is 0 Å². The fourth-order valence-corrected chi connectivity index (χ4v) is 1.47. The summed E-state index contributed by atoms with van der Waals surface area (Å²) >= 11 is 5.16. The Labute approximate surface area is 80.1 Å². The van der Waals surface area contributed by atoms with Crippen LogP contribution in [-0.2, 0) is 0 Å². The van der Waals surface area contributed by atoms with Crippen molar-refractivity contribution >= 4 is 17.3 Å². The van der Waals surface area contributed by atoms with Gasteiger partial charge in [0.2, 0.25) is 0 Å². The van der Waals surface area contributed by atoms with Crippen molar-refractivity contribution in [2.75, 3.05) is 0 Å². The van der Waals surface area contributed by atoms with Crippen molar-refractivity contribution < 1.29 is 0 Å². The van der Waals surface area contributed by atoms with Crippen LogP contribution in [0, 0.1) is 0 Å². The van der Waals surface area contributed by atoms with Crippen molar-refractivity contribution in [1.82, 2.24) is 10.6 Å². The Morgan fingerprint density at radius 2 is 2.00 bits per heavy atom. The molecule has 0 unspecified atom stereocenters. The molecule has 3 heteroatoms. The summed E-state index contributed by atoms with van der Waals surface area (Å²) in [6.45, 7) is 4.36. The molecule has 12 heavy (non-hydrogen) atoms. The van der Waals surface area contributed by atoms with Crippen LogP contribution in [0.4, 0.5) is 0 Å². The van der Waals surface area contributed by atoms with Crippen LogP contribution >= 0.6 is 12.2 Å². The molecule has 2 N–H and O–H groups in total. The van der Waals surface area contributed by atoms with E-state index >= 15 is 0 Å². The monoisotopic (exact) mass is 186 g/mol. The van der Waals surface area contributed by atoms with E-state index in [1.807, 2.05) is 0 Å². The van der Waals surface area contributed by atoms with E-state index in [0.717, 1.165) is 18.0 Å². The predicted molar refractivity (Wildman–Crippen MR) is 56.3 cm³/mol. The maximum atomic E-state index is 5.16. The summed E-state index contributed by atoms with van der Waals surface area (Å²) < 4.78 is 0. The molecule has 0 radical (unpaired) electrons. The lowest BCUT2D eigenvalue weighted by Crippen LogP contribution is -2.42. The van der Waals surface area contributed by atoms with E-state index in [-0.39, 0.29) is 0 Å². The molecule has 2 nitrogen and oxygen atoms in total. The van der Waals surface area contributed by atoms with Gasteiger partial charge in [0.15, 0.2) is 5.11 Å². The van der Waals surface area contributed by atoms with E-state index < -0.39 is 0 Å². The molecule has 0 aromatic rings.